The molecular formula is C25H23ClO4. The van der Waals surface area contributed by atoms with Gasteiger partial charge in [0.1, 0.15) is 0 Å². The number of hydrogen-bond acceptors (Lipinski definition) is 4. The molecule has 0 spiro atoms. The topological polar surface area (TPSA) is 52.6 Å². The first-order valence-electron chi connectivity index (χ1n) is 9.70. The number of esters is 1. The highest BCUT2D eigenvalue weighted by molar-refractivity contribution is 6.30. The van der Waals surface area contributed by atoms with E-state index in [0.29, 0.717) is 23.8 Å². The Morgan fingerprint density at radius 1 is 0.833 bits per heavy atom. The van der Waals surface area contributed by atoms with E-state index in [-0.39, 0.29) is 12.2 Å². The lowest BCUT2D eigenvalue weighted by atomic mass is 10.1. The van der Waals surface area contributed by atoms with Crippen molar-refractivity contribution >= 4 is 23.4 Å². The van der Waals surface area contributed by atoms with Gasteiger partial charge in [0, 0.05) is 10.6 Å². The molecule has 154 valence electrons. The van der Waals surface area contributed by atoms with Gasteiger partial charge >= 0.3 is 5.97 Å². The van der Waals surface area contributed by atoms with Gasteiger partial charge in [-0.1, -0.05) is 78.3 Å². The standard InChI is InChI=1S/C25H23ClO4/c1-18(30-24(27)15-21-8-5-9-23(26)14-21)25(28)22-12-10-20(11-13-22)17-29-16-19-6-3-2-4-7-19/h2-14,18H,15-17H2,1H3. The zero-order valence-corrected chi connectivity index (χ0v) is 17.5. The minimum Gasteiger partial charge on any atom is -0.454 e. The Morgan fingerprint density at radius 2 is 1.47 bits per heavy atom. The lowest BCUT2D eigenvalue weighted by Crippen LogP contribution is -2.25. The van der Waals surface area contributed by atoms with Crippen LogP contribution in [0, 0.1) is 0 Å². The molecule has 0 amide bonds. The van der Waals surface area contributed by atoms with E-state index in [1.54, 1.807) is 43.3 Å². The number of carbonyl (C=O) groups excluding carboxylic acids is 2. The van der Waals surface area contributed by atoms with Crippen molar-refractivity contribution in [1.29, 1.82) is 0 Å². The van der Waals surface area contributed by atoms with Crippen molar-refractivity contribution in [3.05, 3.63) is 106 Å². The van der Waals surface area contributed by atoms with Gasteiger partial charge in [0.2, 0.25) is 5.78 Å². The fourth-order valence-corrected chi connectivity index (χ4v) is 3.18. The molecule has 1 unspecified atom stereocenters. The Bertz CT molecular complexity index is 984. The maximum absolute atomic E-state index is 12.6. The first-order valence-corrected chi connectivity index (χ1v) is 10.1. The molecule has 0 aliphatic rings. The Kier molecular flexibility index (Phi) is 7.77. The van der Waals surface area contributed by atoms with Gasteiger partial charge in [-0.05, 0) is 35.7 Å². The van der Waals surface area contributed by atoms with Crippen LogP contribution in [0.15, 0.2) is 78.9 Å². The summed E-state index contributed by atoms with van der Waals surface area (Å²) in [5.74, 6) is -0.713. The van der Waals surface area contributed by atoms with E-state index in [1.807, 2.05) is 42.5 Å². The van der Waals surface area contributed by atoms with Crippen LogP contribution in [0.4, 0.5) is 0 Å². The molecule has 0 saturated carbocycles. The number of benzene rings is 3. The highest BCUT2D eigenvalue weighted by atomic mass is 35.5. The van der Waals surface area contributed by atoms with Crippen molar-refractivity contribution in [1.82, 2.24) is 0 Å². The van der Waals surface area contributed by atoms with Crippen LogP contribution in [-0.4, -0.2) is 17.9 Å². The van der Waals surface area contributed by atoms with Gasteiger partial charge < -0.3 is 9.47 Å². The molecule has 0 radical (unpaired) electrons. The molecule has 30 heavy (non-hydrogen) atoms. The molecule has 0 N–H and O–H groups in total. The number of halogens is 1. The van der Waals surface area contributed by atoms with E-state index in [4.69, 9.17) is 21.1 Å². The molecule has 1 atom stereocenters. The minimum absolute atomic E-state index is 0.0653. The SMILES string of the molecule is CC(OC(=O)Cc1cccc(Cl)c1)C(=O)c1ccc(COCc2ccccc2)cc1. The average molecular weight is 423 g/mol. The van der Waals surface area contributed by atoms with Crippen LogP contribution in [0.3, 0.4) is 0 Å². The molecule has 3 aromatic carbocycles. The Morgan fingerprint density at radius 3 is 2.13 bits per heavy atom. The van der Waals surface area contributed by atoms with Gasteiger partial charge in [-0.15, -0.1) is 0 Å². The predicted molar refractivity (Wildman–Crippen MR) is 116 cm³/mol. The van der Waals surface area contributed by atoms with Gasteiger partial charge in [-0.25, -0.2) is 0 Å². The van der Waals surface area contributed by atoms with Crippen molar-refractivity contribution in [2.75, 3.05) is 0 Å². The van der Waals surface area contributed by atoms with Crippen LogP contribution in [0.25, 0.3) is 0 Å². The monoisotopic (exact) mass is 422 g/mol. The molecule has 4 nitrogen and oxygen atoms in total. The second-order valence-corrected chi connectivity index (χ2v) is 7.41. The van der Waals surface area contributed by atoms with Crippen molar-refractivity contribution in [2.24, 2.45) is 0 Å². The molecule has 0 fully saturated rings. The summed E-state index contributed by atoms with van der Waals surface area (Å²) in [6.45, 7) is 2.56. The summed E-state index contributed by atoms with van der Waals surface area (Å²) in [5.41, 5.74) is 3.31. The molecule has 0 aliphatic carbocycles. The van der Waals surface area contributed by atoms with Gasteiger partial charge in [-0.2, -0.15) is 0 Å². The molecule has 5 heteroatoms. The highest BCUT2D eigenvalue weighted by Crippen LogP contribution is 2.14. The number of ketones is 1. The van der Waals surface area contributed by atoms with E-state index < -0.39 is 12.1 Å². The zero-order chi connectivity index (χ0) is 21.3. The predicted octanol–water partition coefficient (Wildman–Crippen LogP) is 5.41. The maximum atomic E-state index is 12.6. The summed E-state index contributed by atoms with van der Waals surface area (Å²) in [6.07, 6.45) is -0.799. The molecule has 0 heterocycles. The molecular weight excluding hydrogens is 400 g/mol. The molecule has 3 rings (SSSR count). The van der Waals surface area contributed by atoms with E-state index in [1.165, 1.54) is 0 Å². The molecule has 0 bridgehead atoms. The minimum atomic E-state index is -0.864. The van der Waals surface area contributed by atoms with E-state index in [0.717, 1.165) is 16.7 Å². The smallest absolute Gasteiger partial charge is 0.310 e. The highest BCUT2D eigenvalue weighted by Gasteiger charge is 2.19. The number of rotatable bonds is 9. The first-order chi connectivity index (χ1) is 14.5. The Balaban J connectivity index is 1.48. The van der Waals surface area contributed by atoms with E-state index >= 15 is 0 Å². The van der Waals surface area contributed by atoms with Crippen LogP contribution in [0.2, 0.25) is 5.02 Å². The van der Waals surface area contributed by atoms with Crippen molar-refractivity contribution in [3.63, 3.8) is 0 Å². The summed E-state index contributed by atoms with van der Waals surface area (Å²) in [6, 6.07) is 24.1. The summed E-state index contributed by atoms with van der Waals surface area (Å²) in [7, 11) is 0. The van der Waals surface area contributed by atoms with Crippen LogP contribution >= 0.6 is 11.6 Å². The third kappa shape index (κ3) is 6.55. The fourth-order valence-electron chi connectivity index (χ4n) is 2.97. The number of hydrogen-bond donors (Lipinski definition) is 0. The van der Waals surface area contributed by atoms with Crippen LogP contribution < -0.4 is 0 Å². The van der Waals surface area contributed by atoms with Crippen LogP contribution in [-0.2, 0) is 33.9 Å². The number of ether oxygens (including phenoxy) is 2. The van der Waals surface area contributed by atoms with E-state index in [2.05, 4.69) is 0 Å². The van der Waals surface area contributed by atoms with Gasteiger partial charge in [0.15, 0.2) is 6.10 Å². The zero-order valence-electron chi connectivity index (χ0n) is 16.7. The van der Waals surface area contributed by atoms with Crippen molar-refractivity contribution in [3.8, 4) is 0 Å². The third-order valence-corrected chi connectivity index (χ3v) is 4.77. The third-order valence-electron chi connectivity index (χ3n) is 4.53. The van der Waals surface area contributed by atoms with Crippen LogP contribution in [0.1, 0.15) is 34.0 Å². The average Bonchev–Trinajstić information content (AvgIpc) is 2.74. The largest absolute Gasteiger partial charge is 0.454 e. The summed E-state index contributed by atoms with van der Waals surface area (Å²) < 4.78 is 11.0. The van der Waals surface area contributed by atoms with Gasteiger partial charge in [0.25, 0.3) is 0 Å². The molecule has 3 aromatic rings. The Labute approximate surface area is 181 Å². The molecule has 0 aliphatic heterocycles. The second-order valence-electron chi connectivity index (χ2n) is 6.98. The summed E-state index contributed by atoms with van der Waals surface area (Å²) >= 11 is 5.92. The lowest BCUT2D eigenvalue weighted by molar-refractivity contribution is -0.145. The number of carbonyl (C=O) groups is 2. The quantitative estimate of drug-likeness (QED) is 0.341. The molecule has 0 saturated heterocycles. The van der Waals surface area contributed by atoms with Gasteiger partial charge in [-0.3, -0.25) is 9.59 Å². The van der Waals surface area contributed by atoms with Gasteiger partial charge in [0.05, 0.1) is 19.6 Å². The summed E-state index contributed by atoms with van der Waals surface area (Å²) in [5, 5.41) is 0.553. The van der Waals surface area contributed by atoms with E-state index in [9.17, 15) is 9.59 Å². The number of Topliss-reactive ketones (excluding diaryl/α,β-unsaturated/α-hetero) is 1. The normalized spacial score (nSPS) is 11.7. The van der Waals surface area contributed by atoms with Crippen LogP contribution in [0.5, 0.6) is 0 Å². The lowest BCUT2D eigenvalue weighted by Gasteiger charge is -2.13. The van der Waals surface area contributed by atoms with Crippen molar-refractivity contribution in [2.45, 2.75) is 32.7 Å². The summed E-state index contributed by atoms with van der Waals surface area (Å²) in [4.78, 5) is 24.7. The Hall–Kier alpha value is -2.95. The van der Waals surface area contributed by atoms with Crippen molar-refractivity contribution < 1.29 is 19.1 Å². The maximum Gasteiger partial charge on any atom is 0.310 e. The first kappa shape index (κ1) is 21.8. The molecule has 0 aromatic heterocycles. The fraction of sp³-hybridized carbons (Fsp3) is 0.200. The second kappa shape index (κ2) is 10.7.